The van der Waals surface area contributed by atoms with Crippen molar-refractivity contribution in [3.8, 4) is 11.1 Å². The highest BCUT2D eigenvalue weighted by atomic mass is 19.4. The maximum Gasteiger partial charge on any atom is 0.509 e. The third kappa shape index (κ3) is 4.40. The van der Waals surface area contributed by atoms with Crippen LogP contribution in [0.2, 0.25) is 0 Å². The SMILES string of the molecule is [N-]=[N+]=Nc1cc(CNC(=O)OCC2c3ccccc3-c3ccccc32)cc([B-](F)(F)F)c1. The molecule has 0 saturated carbocycles. The van der Waals surface area contributed by atoms with Crippen molar-refractivity contribution in [2.45, 2.75) is 12.5 Å². The number of alkyl carbamates (subject to hydrolysis) is 1. The van der Waals surface area contributed by atoms with E-state index in [0.29, 0.717) is 0 Å². The number of carbonyl (C=O) groups excluding carboxylic acids is 1. The number of nitrogens with one attached hydrogen (secondary N) is 1. The largest absolute Gasteiger partial charge is 0.509 e. The van der Waals surface area contributed by atoms with Gasteiger partial charge in [-0.1, -0.05) is 65.8 Å². The first-order valence-corrected chi connectivity index (χ1v) is 9.84. The Hall–Kier alpha value is -3.91. The smallest absolute Gasteiger partial charge is 0.449 e. The van der Waals surface area contributed by atoms with Gasteiger partial charge in [-0.05, 0) is 39.4 Å². The van der Waals surface area contributed by atoms with E-state index in [1.165, 1.54) is 6.07 Å². The maximum absolute atomic E-state index is 13.1. The number of benzene rings is 3. The van der Waals surface area contributed by atoms with Crippen LogP contribution in [0.25, 0.3) is 21.6 Å². The second-order valence-electron chi connectivity index (χ2n) is 7.38. The minimum atomic E-state index is -5.29. The van der Waals surface area contributed by atoms with Crippen molar-refractivity contribution in [3.05, 3.63) is 93.9 Å². The lowest BCUT2D eigenvalue weighted by atomic mass is 9.79. The summed E-state index contributed by atoms with van der Waals surface area (Å²) in [7, 11) is 0. The number of rotatable bonds is 6. The Balaban J connectivity index is 1.44. The predicted molar refractivity (Wildman–Crippen MR) is 116 cm³/mol. The van der Waals surface area contributed by atoms with Crippen molar-refractivity contribution >= 4 is 24.2 Å². The van der Waals surface area contributed by atoms with Crippen LogP contribution in [-0.4, -0.2) is 19.7 Å². The van der Waals surface area contributed by atoms with Gasteiger partial charge in [0.15, 0.2) is 0 Å². The standard InChI is InChI=1S/C22H17BF3N4O2/c24-23(25,26)15-9-14(10-16(11-15)29-30-27)12-28-22(31)32-13-21-19-7-3-1-5-17(19)18-6-2-4-8-20(18)21/h1-11,21H,12-13H2,(H,28,31)/q-1. The molecule has 3 aromatic carbocycles. The summed E-state index contributed by atoms with van der Waals surface area (Å²) in [6.45, 7) is -5.40. The van der Waals surface area contributed by atoms with Crippen molar-refractivity contribution in [1.82, 2.24) is 5.32 Å². The fourth-order valence-electron chi connectivity index (χ4n) is 3.92. The third-order valence-corrected chi connectivity index (χ3v) is 5.32. The van der Waals surface area contributed by atoms with E-state index in [0.717, 1.165) is 34.4 Å². The Morgan fingerprint density at radius 2 is 1.66 bits per heavy atom. The van der Waals surface area contributed by atoms with E-state index < -0.39 is 18.5 Å². The highest BCUT2D eigenvalue weighted by Gasteiger charge is 2.29. The molecule has 6 nitrogen and oxygen atoms in total. The monoisotopic (exact) mass is 437 g/mol. The molecule has 1 N–H and O–H groups in total. The molecule has 1 amide bonds. The van der Waals surface area contributed by atoms with Crippen LogP contribution in [0.5, 0.6) is 0 Å². The minimum Gasteiger partial charge on any atom is -0.449 e. The summed E-state index contributed by atoms with van der Waals surface area (Å²) < 4.78 is 44.8. The molecule has 0 spiro atoms. The summed E-state index contributed by atoms with van der Waals surface area (Å²) >= 11 is 0. The number of nitrogens with zero attached hydrogens (tertiary/aromatic N) is 3. The molecule has 0 atom stereocenters. The molecule has 4 rings (SSSR count). The van der Waals surface area contributed by atoms with E-state index in [1.54, 1.807) is 0 Å². The molecule has 0 heterocycles. The van der Waals surface area contributed by atoms with Crippen LogP contribution < -0.4 is 10.8 Å². The van der Waals surface area contributed by atoms with Gasteiger partial charge in [-0.25, -0.2) is 4.79 Å². The van der Waals surface area contributed by atoms with Crippen molar-refractivity contribution in [1.29, 1.82) is 0 Å². The van der Waals surface area contributed by atoms with Gasteiger partial charge >= 0.3 is 13.1 Å². The molecule has 10 heteroatoms. The average Bonchev–Trinajstić information content (AvgIpc) is 3.09. The lowest BCUT2D eigenvalue weighted by molar-refractivity contribution is 0.142. The Morgan fingerprint density at radius 1 is 1.03 bits per heavy atom. The fraction of sp³-hybridized carbons (Fsp3) is 0.136. The number of carbonyl (C=O) groups is 1. The lowest BCUT2D eigenvalue weighted by Crippen LogP contribution is -2.34. The topological polar surface area (TPSA) is 87.1 Å². The quantitative estimate of drug-likeness (QED) is 0.231. The van der Waals surface area contributed by atoms with E-state index in [2.05, 4.69) is 15.3 Å². The van der Waals surface area contributed by atoms with E-state index in [-0.39, 0.29) is 30.3 Å². The fourth-order valence-corrected chi connectivity index (χ4v) is 3.92. The number of hydrogen-bond acceptors (Lipinski definition) is 3. The van der Waals surface area contributed by atoms with Gasteiger partial charge in [0, 0.05) is 23.1 Å². The van der Waals surface area contributed by atoms with Crippen LogP contribution >= 0.6 is 0 Å². The first kappa shape index (κ1) is 21.3. The second-order valence-corrected chi connectivity index (χ2v) is 7.38. The van der Waals surface area contributed by atoms with Gasteiger partial charge in [-0.3, -0.25) is 0 Å². The Morgan fingerprint density at radius 3 is 2.25 bits per heavy atom. The highest BCUT2D eigenvalue weighted by Crippen LogP contribution is 2.44. The van der Waals surface area contributed by atoms with Gasteiger partial charge in [-0.15, -0.1) is 5.46 Å². The molecule has 0 radical (unpaired) electrons. The zero-order valence-electron chi connectivity index (χ0n) is 16.7. The highest BCUT2D eigenvalue weighted by molar-refractivity contribution is 6.73. The van der Waals surface area contributed by atoms with Gasteiger partial charge in [0.25, 0.3) is 0 Å². The van der Waals surface area contributed by atoms with Crippen LogP contribution in [-0.2, 0) is 11.3 Å². The van der Waals surface area contributed by atoms with Crippen molar-refractivity contribution < 1.29 is 22.5 Å². The maximum atomic E-state index is 13.1. The zero-order valence-corrected chi connectivity index (χ0v) is 16.7. The first-order chi connectivity index (χ1) is 15.4. The lowest BCUT2D eigenvalue weighted by Gasteiger charge is -2.17. The van der Waals surface area contributed by atoms with Crippen molar-refractivity contribution in [2.24, 2.45) is 5.11 Å². The zero-order chi connectivity index (χ0) is 22.7. The number of hydrogen-bond donors (Lipinski definition) is 1. The number of amides is 1. The number of azide groups is 1. The molecule has 32 heavy (non-hydrogen) atoms. The molecule has 0 fully saturated rings. The molecule has 1 aliphatic rings. The summed E-state index contributed by atoms with van der Waals surface area (Å²) in [4.78, 5) is 14.8. The molecular weight excluding hydrogens is 420 g/mol. The molecule has 162 valence electrons. The minimum absolute atomic E-state index is 0.0928. The molecule has 3 aromatic rings. The number of ether oxygens (including phenoxy) is 1. The third-order valence-electron chi connectivity index (χ3n) is 5.32. The second kappa shape index (κ2) is 8.68. The van der Waals surface area contributed by atoms with Crippen molar-refractivity contribution in [3.63, 3.8) is 0 Å². The molecule has 0 bridgehead atoms. The number of fused-ring (bicyclic) bond motifs is 3. The van der Waals surface area contributed by atoms with Gasteiger partial charge < -0.3 is 23.0 Å². The Labute approximate surface area is 181 Å². The Kier molecular flexibility index (Phi) is 5.79. The molecule has 0 saturated heterocycles. The summed E-state index contributed by atoms with van der Waals surface area (Å²) in [6, 6.07) is 18.7. The van der Waals surface area contributed by atoms with E-state index in [9.17, 15) is 17.7 Å². The van der Waals surface area contributed by atoms with Crippen LogP contribution in [0, 0.1) is 0 Å². The van der Waals surface area contributed by atoms with Gasteiger partial charge in [0.2, 0.25) is 0 Å². The van der Waals surface area contributed by atoms with E-state index in [1.807, 2.05) is 48.5 Å². The summed E-state index contributed by atoms with van der Waals surface area (Å²) in [5.74, 6) is -0.124. The van der Waals surface area contributed by atoms with E-state index >= 15 is 0 Å². The molecule has 0 aliphatic heterocycles. The van der Waals surface area contributed by atoms with Gasteiger partial charge in [-0.2, -0.15) is 0 Å². The molecule has 1 aliphatic carbocycles. The van der Waals surface area contributed by atoms with Crippen LogP contribution in [0.1, 0.15) is 22.6 Å². The van der Waals surface area contributed by atoms with Crippen molar-refractivity contribution in [2.75, 3.05) is 6.61 Å². The van der Waals surface area contributed by atoms with Crippen LogP contribution in [0.4, 0.5) is 23.4 Å². The first-order valence-electron chi connectivity index (χ1n) is 9.84. The summed E-state index contributed by atoms with van der Waals surface area (Å²) in [6.07, 6.45) is -0.750. The summed E-state index contributed by atoms with van der Waals surface area (Å²) in [5, 5.41) is 5.71. The predicted octanol–water partition coefficient (Wildman–Crippen LogP) is 5.72. The van der Waals surface area contributed by atoms with Crippen LogP contribution in [0.3, 0.4) is 0 Å². The average molecular weight is 437 g/mol. The van der Waals surface area contributed by atoms with Gasteiger partial charge in [0.1, 0.15) is 6.61 Å². The Bertz CT molecular complexity index is 1180. The molecule has 0 aromatic heterocycles. The normalized spacial score (nSPS) is 12.5. The summed E-state index contributed by atoms with van der Waals surface area (Å²) in [5.41, 5.74) is 11.9. The molecule has 0 unspecified atom stereocenters. The molecular formula is C22H17BF3N4O2-. The van der Waals surface area contributed by atoms with Gasteiger partial charge in [0.05, 0.1) is 0 Å². The van der Waals surface area contributed by atoms with E-state index in [4.69, 9.17) is 10.3 Å². The van der Waals surface area contributed by atoms with Crippen LogP contribution in [0.15, 0.2) is 71.8 Å². The number of halogens is 3.